The average Bonchev–Trinajstić information content (AvgIpc) is 2.65. The van der Waals surface area contributed by atoms with Crippen LogP contribution in [-0.4, -0.2) is 34.2 Å². The molecule has 0 spiro atoms. The Morgan fingerprint density at radius 3 is 3.20 bits per heavy atom. The van der Waals surface area contributed by atoms with Crippen LogP contribution in [0.1, 0.15) is 18.5 Å². The highest BCUT2D eigenvalue weighted by Gasteiger charge is 2.22. The number of aliphatic hydroxyl groups excluding tert-OH is 1. The lowest BCUT2D eigenvalue weighted by atomic mass is 9.93. The molecule has 4 heteroatoms. The largest absolute Gasteiger partial charge is 0.392 e. The molecule has 2 atom stereocenters. The first-order valence-corrected chi connectivity index (χ1v) is 5.50. The van der Waals surface area contributed by atoms with E-state index in [-0.39, 0.29) is 12.0 Å². The Labute approximate surface area is 89.9 Å². The van der Waals surface area contributed by atoms with Crippen LogP contribution in [0.25, 0.3) is 0 Å². The number of hydrogen-bond donors (Lipinski definition) is 1. The number of aliphatic hydroxyl groups is 1. The van der Waals surface area contributed by atoms with E-state index in [1.165, 1.54) is 0 Å². The molecule has 1 aromatic heterocycles. The van der Waals surface area contributed by atoms with Crippen LogP contribution in [0.3, 0.4) is 0 Å². The molecule has 2 unspecified atom stereocenters. The van der Waals surface area contributed by atoms with Crippen molar-refractivity contribution in [2.45, 2.75) is 25.4 Å². The van der Waals surface area contributed by atoms with Gasteiger partial charge in [0, 0.05) is 32.2 Å². The van der Waals surface area contributed by atoms with Crippen molar-refractivity contribution < 1.29 is 9.84 Å². The van der Waals surface area contributed by atoms with E-state index < -0.39 is 0 Å². The Morgan fingerprint density at radius 1 is 1.73 bits per heavy atom. The van der Waals surface area contributed by atoms with Gasteiger partial charge >= 0.3 is 0 Å². The summed E-state index contributed by atoms with van der Waals surface area (Å²) >= 11 is 0. The molecular weight excluding hydrogens is 192 g/mol. The normalized spacial score (nSPS) is 24.0. The fourth-order valence-electron chi connectivity index (χ4n) is 2.02. The molecule has 1 aliphatic heterocycles. The Balaban J connectivity index is 1.88. The van der Waals surface area contributed by atoms with Gasteiger partial charge in [0.2, 0.25) is 0 Å². The summed E-state index contributed by atoms with van der Waals surface area (Å²) in [4.78, 5) is 0. The second-order valence-corrected chi connectivity index (χ2v) is 4.23. The van der Waals surface area contributed by atoms with E-state index in [9.17, 15) is 5.11 Å². The molecule has 0 amide bonds. The first-order valence-electron chi connectivity index (χ1n) is 5.50. The second kappa shape index (κ2) is 4.77. The van der Waals surface area contributed by atoms with Crippen LogP contribution >= 0.6 is 0 Å². The van der Waals surface area contributed by atoms with Gasteiger partial charge in [-0.25, -0.2) is 0 Å². The van der Waals surface area contributed by atoms with Gasteiger partial charge in [0.05, 0.1) is 18.4 Å². The molecule has 1 aromatic rings. The van der Waals surface area contributed by atoms with E-state index in [0.717, 1.165) is 25.1 Å². The number of hydrogen-bond acceptors (Lipinski definition) is 3. The highest BCUT2D eigenvalue weighted by Crippen LogP contribution is 2.19. The monoisotopic (exact) mass is 210 g/mol. The van der Waals surface area contributed by atoms with Crippen LogP contribution in [0.15, 0.2) is 12.3 Å². The maximum Gasteiger partial charge on any atom is 0.0650 e. The van der Waals surface area contributed by atoms with Crippen LogP contribution in [0.2, 0.25) is 0 Å². The number of rotatable bonds is 3. The van der Waals surface area contributed by atoms with E-state index in [1.807, 2.05) is 19.3 Å². The maximum absolute atomic E-state index is 10.0. The van der Waals surface area contributed by atoms with Gasteiger partial charge in [-0.2, -0.15) is 5.10 Å². The molecule has 2 heterocycles. The zero-order chi connectivity index (χ0) is 10.7. The van der Waals surface area contributed by atoms with Gasteiger partial charge in [0.15, 0.2) is 0 Å². The summed E-state index contributed by atoms with van der Waals surface area (Å²) in [5, 5.41) is 14.3. The van der Waals surface area contributed by atoms with Crippen molar-refractivity contribution in [1.82, 2.24) is 9.78 Å². The average molecular weight is 210 g/mol. The third kappa shape index (κ3) is 2.79. The fourth-order valence-corrected chi connectivity index (χ4v) is 2.02. The quantitative estimate of drug-likeness (QED) is 0.801. The summed E-state index contributed by atoms with van der Waals surface area (Å²) in [7, 11) is 1.89. The standard InChI is InChI=1S/C11H18N2O2/c1-13-5-4-10(12-13)7-11(14)9-3-2-6-15-8-9/h4-5,9,11,14H,2-3,6-8H2,1H3. The summed E-state index contributed by atoms with van der Waals surface area (Å²) in [6.07, 6.45) is 4.34. The summed E-state index contributed by atoms with van der Waals surface area (Å²) in [5.41, 5.74) is 0.954. The Morgan fingerprint density at radius 2 is 2.60 bits per heavy atom. The second-order valence-electron chi connectivity index (χ2n) is 4.23. The van der Waals surface area contributed by atoms with Gasteiger partial charge in [0.1, 0.15) is 0 Å². The molecule has 0 saturated carbocycles. The molecule has 1 N–H and O–H groups in total. The molecule has 0 aromatic carbocycles. The van der Waals surface area contributed by atoms with Gasteiger partial charge in [-0.05, 0) is 18.9 Å². The number of ether oxygens (including phenoxy) is 1. The fraction of sp³-hybridized carbons (Fsp3) is 0.727. The number of aryl methyl sites for hydroxylation is 1. The van der Waals surface area contributed by atoms with Crippen molar-refractivity contribution >= 4 is 0 Å². The molecule has 2 rings (SSSR count). The van der Waals surface area contributed by atoms with E-state index >= 15 is 0 Å². The highest BCUT2D eigenvalue weighted by molar-refractivity contribution is 5.00. The SMILES string of the molecule is Cn1ccc(CC(O)C2CCCOC2)n1. The molecule has 1 saturated heterocycles. The van der Waals surface area contributed by atoms with E-state index in [4.69, 9.17) is 4.74 Å². The van der Waals surface area contributed by atoms with Gasteiger partial charge in [-0.3, -0.25) is 4.68 Å². The van der Waals surface area contributed by atoms with Crippen LogP contribution < -0.4 is 0 Å². The van der Waals surface area contributed by atoms with Crippen molar-refractivity contribution in [1.29, 1.82) is 0 Å². The summed E-state index contributed by atoms with van der Waals surface area (Å²) in [6, 6.07) is 1.95. The number of nitrogens with zero attached hydrogens (tertiary/aromatic N) is 2. The van der Waals surface area contributed by atoms with Crippen LogP contribution in [0, 0.1) is 5.92 Å². The van der Waals surface area contributed by atoms with Crippen LogP contribution in [0.5, 0.6) is 0 Å². The van der Waals surface area contributed by atoms with E-state index in [0.29, 0.717) is 13.0 Å². The van der Waals surface area contributed by atoms with E-state index in [2.05, 4.69) is 5.10 Å². The Kier molecular flexibility index (Phi) is 3.38. The minimum absolute atomic E-state index is 0.278. The molecule has 0 radical (unpaired) electrons. The third-order valence-electron chi connectivity index (χ3n) is 2.93. The Hall–Kier alpha value is -0.870. The third-order valence-corrected chi connectivity index (χ3v) is 2.93. The topological polar surface area (TPSA) is 47.3 Å². The Bertz CT molecular complexity index is 305. The van der Waals surface area contributed by atoms with Crippen LogP contribution in [-0.2, 0) is 18.2 Å². The summed E-state index contributed by atoms with van der Waals surface area (Å²) in [6.45, 7) is 1.53. The van der Waals surface area contributed by atoms with Crippen LogP contribution in [0.4, 0.5) is 0 Å². The lowest BCUT2D eigenvalue weighted by Crippen LogP contribution is -2.30. The predicted octanol–water partition coefficient (Wildman–Crippen LogP) is 0.750. The molecule has 4 nitrogen and oxygen atoms in total. The molecule has 84 valence electrons. The van der Waals surface area contributed by atoms with Gasteiger partial charge in [0.25, 0.3) is 0 Å². The lowest BCUT2D eigenvalue weighted by Gasteiger charge is -2.26. The highest BCUT2D eigenvalue weighted by atomic mass is 16.5. The molecule has 15 heavy (non-hydrogen) atoms. The van der Waals surface area contributed by atoms with Crippen molar-refractivity contribution in [3.05, 3.63) is 18.0 Å². The van der Waals surface area contributed by atoms with Gasteiger partial charge in [-0.1, -0.05) is 0 Å². The minimum Gasteiger partial charge on any atom is -0.392 e. The van der Waals surface area contributed by atoms with Gasteiger partial charge in [-0.15, -0.1) is 0 Å². The minimum atomic E-state index is -0.319. The first kappa shape index (κ1) is 10.6. The lowest BCUT2D eigenvalue weighted by molar-refractivity contribution is -0.00881. The predicted molar refractivity (Wildman–Crippen MR) is 56.5 cm³/mol. The zero-order valence-corrected chi connectivity index (χ0v) is 9.09. The van der Waals surface area contributed by atoms with Gasteiger partial charge < -0.3 is 9.84 Å². The molecule has 1 aliphatic rings. The first-order chi connectivity index (χ1) is 7.25. The van der Waals surface area contributed by atoms with Crippen molar-refractivity contribution in [3.63, 3.8) is 0 Å². The maximum atomic E-state index is 10.0. The van der Waals surface area contributed by atoms with Crippen molar-refractivity contribution in [2.75, 3.05) is 13.2 Å². The molecule has 1 fully saturated rings. The number of aromatic nitrogens is 2. The summed E-state index contributed by atoms with van der Waals surface area (Å²) < 4.78 is 7.12. The molecule has 0 bridgehead atoms. The molecular formula is C11H18N2O2. The van der Waals surface area contributed by atoms with Crippen molar-refractivity contribution in [3.8, 4) is 0 Å². The smallest absolute Gasteiger partial charge is 0.0650 e. The summed E-state index contributed by atoms with van der Waals surface area (Å²) in [5.74, 6) is 0.278. The zero-order valence-electron chi connectivity index (χ0n) is 9.09. The van der Waals surface area contributed by atoms with E-state index in [1.54, 1.807) is 4.68 Å². The molecule has 0 aliphatic carbocycles. The van der Waals surface area contributed by atoms with Crippen molar-refractivity contribution in [2.24, 2.45) is 13.0 Å².